The number of fused-ring (bicyclic) bond motifs is 1. The van der Waals surface area contributed by atoms with Gasteiger partial charge in [-0.05, 0) is 10.8 Å². The van der Waals surface area contributed by atoms with Crippen LogP contribution in [0.15, 0.2) is 48.5 Å². The molecule has 0 saturated carbocycles. The van der Waals surface area contributed by atoms with E-state index in [-0.39, 0.29) is 29.6 Å². The Kier molecular flexibility index (Phi) is 7.87. The third-order valence-corrected chi connectivity index (χ3v) is 1.66. The smallest absolute Gasteiger partial charge is 0.335 e. The fourth-order valence-electron chi connectivity index (χ4n) is 1.13. The monoisotopic (exact) mass is 194 g/mol. The van der Waals surface area contributed by atoms with E-state index in [9.17, 15) is 0 Å². The van der Waals surface area contributed by atoms with Crippen molar-refractivity contribution in [2.45, 2.75) is 13.8 Å². The second kappa shape index (κ2) is 8.05. The first-order valence-corrected chi connectivity index (χ1v) is 4.56. The average molecular weight is 194 g/mol. The van der Waals surface area contributed by atoms with Crippen LogP contribution in [0, 0.1) is 6.42 Å². The van der Waals surface area contributed by atoms with Crippen LogP contribution in [0.2, 0.25) is 0 Å². The van der Waals surface area contributed by atoms with E-state index >= 15 is 0 Å². The molecule has 0 aliphatic heterocycles. The molecule has 1 heteroatoms. The van der Waals surface area contributed by atoms with Crippen LogP contribution in [0.4, 0.5) is 0 Å². The number of hydrogen-bond donors (Lipinski definition) is 0. The molecule has 0 aromatic heterocycles. The Morgan fingerprint density at radius 1 is 0.714 bits per heavy atom. The molecule has 2 aromatic rings. The van der Waals surface area contributed by atoms with Gasteiger partial charge >= 0.3 is 29.6 Å². The third-order valence-electron chi connectivity index (χ3n) is 1.66. The molecule has 68 valence electrons. The van der Waals surface area contributed by atoms with E-state index in [1.807, 2.05) is 20.3 Å². The van der Waals surface area contributed by atoms with E-state index in [0.29, 0.717) is 0 Å². The minimum Gasteiger partial charge on any atom is -0.335 e. The maximum atomic E-state index is 2.12. The first-order chi connectivity index (χ1) is 6.38. The molecule has 0 N–H and O–H groups in total. The number of hydrogen-bond acceptors (Lipinski definition) is 0. The van der Waals surface area contributed by atoms with Crippen LogP contribution < -0.4 is 29.6 Å². The molecule has 14 heavy (non-hydrogen) atoms. The van der Waals surface area contributed by atoms with Gasteiger partial charge in [0.1, 0.15) is 0 Å². The Bertz CT molecular complexity index is 289. The van der Waals surface area contributed by atoms with E-state index < -0.39 is 0 Å². The molecule has 0 saturated heterocycles. The zero-order valence-corrected chi connectivity index (χ0v) is 11.2. The van der Waals surface area contributed by atoms with Crippen LogP contribution in [0.25, 0.3) is 10.8 Å². The first-order valence-electron chi connectivity index (χ1n) is 4.56. The van der Waals surface area contributed by atoms with Crippen molar-refractivity contribution >= 4 is 10.8 Å². The zero-order chi connectivity index (χ0) is 9.52. The number of benzene rings is 2. The van der Waals surface area contributed by atoms with Crippen molar-refractivity contribution in [1.82, 2.24) is 0 Å². The standard InChI is InChI=1S/C10H8.C3H7.Na/c1-2-6-10-8-4-3-7-9(10)5-1;1-3-2;/h1-8H;3H,1-2H3;/q;-1;+1. The fourth-order valence-corrected chi connectivity index (χ4v) is 1.13. The summed E-state index contributed by atoms with van der Waals surface area (Å²) in [6, 6.07) is 16.7. The molecule has 2 rings (SSSR count). The molecule has 0 aliphatic rings. The van der Waals surface area contributed by atoms with E-state index in [4.69, 9.17) is 0 Å². The van der Waals surface area contributed by atoms with Gasteiger partial charge in [-0.2, -0.15) is 13.8 Å². The Morgan fingerprint density at radius 3 is 1.14 bits per heavy atom. The van der Waals surface area contributed by atoms with Crippen LogP contribution in [-0.2, 0) is 0 Å². The van der Waals surface area contributed by atoms with Gasteiger partial charge in [-0.3, -0.25) is 0 Å². The molecular formula is C13H15Na. The van der Waals surface area contributed by atoms with Crippen molar-refractivity contribution in [1.29, 1.82) is 0 Å². The molecule has 0 atom stereocenters. The molecule has 0 unspecified atom stereocenters. The van der Waals surface area contributed by atoms with Gasteiger partial charge in [0.25, 0.3) is 0 Å². The average Bonchev–Trinajstić information content (AvgIpc) is 2.19. The predicted octanol–water partition coefficient (Wildman–Crippen LogP) is 1.07. The summed E-state index contributed by atoms with van der Waals surface area (Å²) >= 11 is 0. The zero-order valence-electron chi connectivity index (χ0n) is 9.20. The van der Waals surface area contributed by atoms with Crippen molar-refractivity contribution in [2.75, 3.05) is 0 Å². The van der Waals surface area contributed by atoms with Gasteiger partial charge in [-0.25, -0.2) is 0 Å². The molecule has 0 amide bonds. The summed E-state index contributed by atoms with van der Waals surface area (Å²) in [6.45, 7) is 4.00. The molecule has 0 heterocycles. The summed E-state index contributed by atoms with van der Waals surface area (Å²) in [6.07, 6.45) is 2.00. The van der Waals surface area contributed by atoms with Crippen LogP contribution in [0.3, 0.4) is 0 Å². The largest absolute Gasteiger partial charge is 1.00 e. The molecular weight excluding hydrogens is 179 g/mol. The van der Waals surface area contributed by atoms with Gasteiger partial charge < -0.3 is 6.42 Å². The summed E-state index contributed by atoms with van der Waals surface area (Å²) in [4.78, 5) is 0. The van der Waals surface area contributed by atoms with Crippen molar-refractivity contribution in [2.24, 2.45) is 0 Å². The normalized spacial score (nSPS) is 8.43. The van der Waals surface area contributed by atoms with Gasteiger partial charge in [-0.15, -0.1) is 0 Å². The molecule has 0 spiro atoms. The second-order valence-corrected chi connectivity index (χ2v) is 2.92. The third kappa shape index (κ3) is 4.28. The van der Waals surface area contributed by atoms with Crippen LogP contribution in [0.1, 0.15) is 13.8 Å². The summed E-state index contributed by atoms with van der Waals surface area (Å²) in [5.74, 6) is 0. The minimum atomic E-state index is 0. The van der Waals surface area contributed by atoms with Gasteiger partial charge in [0.2, 0.25) is 0 Å². The molecule has 0 aliphatic carbocycles. The van der Waals surface area contributed by atoms with Gasteiger partial charge in [0.05, 0.1) is 0 Å². The minimum absolute atomic E-state index is 0. The molecule has 0 radical (unpaired) electrons. The van der Waals surface area contributed by atoms with E-state index in [0.717, 1.165) is 0 Å². The fraction of sp³-hybridized carbons (Fsp3) is 0.154. The molecule has 0 nitrogen and oxygen atoms in total. The van der Waals surface area contributed by atoms with Crippen molar-refractivity contribution in [3.63, 3.8) is 0 Å². The van der Waals surface area contributed by atoms with Gasteiger partial charge in [-0.1, -0.05) is 48.5 Å². The summed E-state index contributed by atoms with van der Waals surface area (Å²) < 4.78 is 0. The van der Waals surface area contributed by atoms with Crippen molar-refractivity contribution < 1.29 is 29.6 Å². The van der Waals surface area contributed by atoms with Crippen molar-refractivity contribution in [3.8, 4) is 0 Å². The summed E-state index contributed by atoms with van der Waals surface area (Å²) in [5, 5.41) is 2.62. The summed E-state index contributed by atoms with van der Waals surface area (Å²) in [7, 11) is 0. The molecule has 0 bridgehead atoms. The molecule has 0 fully saturated rings. The Balaban J connectivity index is 0.000000381. The van der Waals surface area contributed by atoms with Gasteiger partial charge in [0.15, 0.2) is 0 Å². The quantitative estimate of drug-likeness (QED) is 0.435. The van der Waals surface area contributed by atoms with Crippen LogP contribution in [0.5, 0.6) is 0 Å². The number of rotatable bonds is 0. The van der Waals surface area contributed by atoms with E-state index in [1.54, 1.807) is 0 Å². The van der Waals surface area contributed by atoms with E-state index in [1.165, 1.54) is 10.8 Å². The summed E-state index contributed by atoms with van der Waals surface area (Å²) in [5.41, 5.74) is 0. The van der Waals surface area contributed by atoms with Crippen LogP contribution >= 0.6 is 0 Å². The Labute approximate surface area is 109 Å². The maximum absolute atomic E-state index is 2.12. The predicted molar refractivity (Wildman–Crippen MR) is 59.6 cm³/mol. The topological polar surface area (TPSA) is 0 Å². The SMILES string of the molecule is C[CH-]C.[Na+].c1ccc2ccccc2c1. The second-order valence-electron chi connectivity index (χ2n) is 2.92. The Morgan fingerprint density at radius 2 is 0.929 bits per heavy atom. The maximum Gasteiger partial charge on any atom is 1.00 e. The van der Waals surface area contributed by atoms with Gasteiger partial charge in [0, 0.05) is 0 Å². The Hall–Kier alpha value is -0.300. The van der Waals surface area contributed by atoms with Crippen LogP contribution in [-0.4, -0.2) is 0 Å². The molecule has 2 aromatic carbocycles. The first kappa shape index (κ1) is 13.7. The van der Waals surface area contributed by atoms with E-state index in [2.05, 4.69) is 48.5 Å². The van der Waals surface area contributed by atoms with Crippen molar-refractivity contribution in [3.05, 3.63) is 55.0 Å².